The molecule has 1 aliphatic rings. The van der Waals surface area contributed by atoms with Gasteiger partial charge in [-0.3, -0.25) is 0 Å². The Hall–Kier alpha value is -1.55. The third kappa shape index (κ3) is 1.88. The molecule has 3 nitrogen and oxygen atoms in total. The van der Waals surface area contributed by atoms with Crippen LogP contribution in [-0.4, -0.2) is 15.7 Å². The normalized spacial score (nSPS) is 13.5. The number of aromatic nitrogens is 2. The van der Waals surface area contributed by atoms with E-state index in [0.29, 0.717) is 0 Å². The lowest BCUT2D eigenvalue weighted by atomic mass is 10.1. The summed E-state index contributed by atoms with van der Waals surface area (Å²) in [6.45, 7) is 0. The Morgan fingerprint density at radius 1 is 1.25 bits per heavy atom. The predicted molar refractivity (Wildman–Crippen MR) is 66.2 cm³/mol. The number of rotatable bonds is 2. The van der Waals surface area contributed by atoms with E-state index in [-0.39, 0.29) is 0 Å². The van der Waals surface area contributed by atoms with Crippen LogP contribution in [0.1, 0.15) is 5.56 Å². The van der Waals surface area contributed by atoms with Crippen LogP contribution in [0, 0.1) is 0 Å². The van der Waals surface area contributed by atoms with Gasteiger partial charge in [0.25, 0.3) is 0 Å². The van der Waals surface area contributed by atoms with Gasteiger partial charge in [-0.05, 0) is 36.2 Å². The van der Waals surface area contributed by atoms with E-state index in [9.17, 15) is 0 Å². The zero-order valence-electron chi connectivity index (χ0n) is 8.68. The first kappa shape index (κ1) is 9.66. The number of thioether (sulfide) groups is 1. The fraction of sp³-hybridized carbons (Fsp3) is 0.167. The van der Waals surface area contributed by atoms with Crippen molar-refractivity contribution in [2.45, 2.75) is 11.3 Å². The molecule has 0 unspecified atom stereocenters. The molecule has 2 aromatic rings. The summed E-state index contributed by atoms with van der Waals surface area (Å²) in [6, 6.07) is 8.34. The maximum Gasteiger partial charge on any atom is 0.133 e. The van der Waals surface area contributed by atoms with Crippen LogP contribution in [-0.2, 0) is 6.42 Å². The molecule has 16 heavy (non-hydrogen) atoms. The summed E-state index contributed by atoms with van der Waals surface area (Å²) in [4.78, 5) is 9.44. The van der Waals surface area contributed by atoms with Crippen LogP contribution in [0.2, 0.25) is 0 Å². The molecular formula is C12H11N3S. The number of aryl methyl sites for hydroxylation is 1. The first-order valence-corrected chi connectivity index (χ1v) is 6.19. The lowest BCUT2D eigenvalue weighted by Crippen LogP contribution is -1.94. The summed E-state index contributed by atoms with van der Waals surface area (Å²) < 4.78 is 0. The lowest BCUT2D eigenvalue weighted by Gasteiger charge is -2.06. The van der Waals surface area contributed by atoms with Crippen molar-refractivity contribution in [3.63, 3.8) is 0 Å². The molecule has 2 heterocycles. The van der Waals surface area contributed by atoms with Crippen molar-refractivity contribution in [3.8, 4) is 0 Å². The van der Waals surface area contributed by atoms with Gasteiger partial charge in [-0.2, -0.15) is 0 Å². The first-order chi connectivity index (χ1) is 7.92. The summed E-state index contributed by atoms with van der Waals surface area (Å²) in [5.74, 6) is 2.03. The average Bonchev–Trinajstić information content (AvgIpc) is 2.77. The second-order valence-corrected chi connectivity index (χ2v) is 4.78. The largest absolute Gasteiger partial charge is 0.340 e. The first-order valence-electron chi connectivity index (χ1n) is 5.20. The van der Waals surface area contributed by atoms with Crippen LogP contribution >= 0.6 is 11.8 Å². The Morgan fingerprint density at radius 3 is 3.12 bits per heavy atom. The molecule has 3 rings (SSSR count). The van der Waals surface area contributed by atoms with Crippen molar-refractivity contribution in [1.29, 1.82) is 0 Å². The van der Waals surface area contributed by atoms with E-state index >= 15 is 0 Å². The van der Waals surface area contributed by atoms with Gasteiger partial charge in [-0.25, -0.2) is 9.97 Å². The molecule has 0 fully saturated rings. The summed E-state index contributed by atoms with van der Waals surface area (Å²) in [6.07, 6.45) is 4.45. The topological polar surface area (TPSA) is 37.8 Å². The molecule has 0 bridgehead atoms. The highest BCUT2D eigenvalue weighted by Gasteiger charge is 2.11. The molecule has 0 spiro atoms. The summed E-state index contributed by atoms with van der Waals surface area (Å²) in [7, 11) is 0. The Balaban J connectivity index is 1.86. The number of nitrogens with one attached hydrogen (secondary N) is 1. The minimum absolute atomic E-state index is 0.834. The minimum Gasteiger partial charge on any atom is -0.340 e. The van der Waals surface area contributed by atoms with Crippen LogP contribution < -0.4 is 5.32 Å². The third-order valence-electron chi connectivity index (χ3n) is 2.54. The van der Waals surface area contributed by atoms with Crippen molar-refractivity contribution in [2.24, 2.45) is 0 Å². The van der Waals surface area contributed by atoms with Crippen LogP contribution in [0.5, 0.6) is 0 Å². The van der Waals surface area contributed by atoms with Crippen molar-refractivity contribution < 1.29 is 0 Å². The fourth-order valence-corrected chi connectivity index (χ4v) is 2.83. The molecule has 0 atom stereocenters. The Kier molecular flexibility index (Phi) is 2.50. The van der Waals surface area contributed by atoms with Crippen molar-refractivity contribution in [1.82, 2.24) is 9.97 Å². The van der Waals surface area contributed by atoms with Crippen molar-refractivity contribution in [3.05, 3.63) is 42.4 Å². The van der Waals surface area contributed by atoms with E-state index in [1.54, 1.807) is 12.5 Å². The molecule has 0 radical (unpaired) electrons. The van der Waals surface area contributed by atoms with E-state index < -0.39 is 0 Å². The Bertz CT molecular complexity index is 499. The highest BCUT2D eigenvalue weighted by molar-refractivity contribution is 7.99. The summed E-state index contributed by atoms with van der Waals surface area (Å²) in [5, 5.41) is 3.27. The second kappa shape index (κ2) is 4.14. The zero-order valence-corrected chi connectivity index (χ0v) is 9.50. The van der Waals surface area contributed by atoms with Gasteiger partial charge < -0.3 is 5.32 Å². The van der Waals surface area contributed by atoms with E-state index in [4.69, 9.17) is 0 Å². The molecule has 0 saturated heterocycles. The van der Waals surface area contributed by atoms with Gasteiger partial charge in [0.05, 0.1) is 0 Å². The highest BCUT2D eigenvalue weighted by Crippen LogP contribution is 2.33. The quantitative estimate of drug-likeness (QED) is 0.859. The number of anilines is 2. The van der Waals surface area contributed by atoms with Gasteiger partial charge in [-0.15, -0.1) is 11.8 Å². The monoisotopic (exact) mass is 229 g/mol. The Morgan fingerprint density at radius 2 is 2.25 bits per heavy atom. The molecule has 0 saturated carbocycles. The molecule has 0 amide bonds. The smallest absolute Gasteiger partial charge is 0.133 e. The maximum atomic E-state index is 4.14. The molecule has 0 aliphatic carbocycles. The van der Waals surface area contributed by atoms with Gasteiger partial charge in [0, 0.05) is 22.5 Å². The molecular weight excluding hydrogens is 218 g/mol. The van der Waals surface area contributed by atoms with Gasteiger partial charge in [0.2, 0.25) is 0 Å². The van der Waals surface area contributed by atoms with E-state index in [0.717, 1.165) is 11.5 Å². The Labute approximate surface area is 98.3 Å². The molecule has 1 N–H and O–H groups in total. The van der Waals surface area contributed by atoms with Crippen LogP contribution in [0.25, 0.3) is 0 Å². The minimum atomic E-state index is 0.834. The number of hydrogen-bond donors (Lipinski definition) is 1. The second-order valence-electron chi connectivity index (χ2n) is 3.64. The van der Waals surface area contributed by atoms with Crippen LogP contribution in [0.4, 0.5) is 11.5 Å². The van der Waals surface area contributed by atoms with Gasteiger partial charge in [0.15, 0.2) is 0 Å². The third-order valence-corrected chi connectivity index (χ3v) is 3.66. The summed E-state index contributed by atoms with van der Waals surface area (Å²) >= 11 is 1.93. The van der Waals surface area contributed by atoms with E-state index in [2.05, 4.69) is 33.5 Å². The summed E-state index contributed by atoms with van der Waals surface area (Å²) in [5.41, 5.74) is 2.53. The maximum absolute atomic E-state index is 4.14. The lowest BCUT2D eigenvalue weighted by molar-refractivity contribution is 1.14. The van der Waals surface area contributed by atoms with Gasteiger partial charge >= 0.3 is 0 Å². The number of benzene rings is 1. The van der Waals surface area contributed by atoms with Gasteiger partial charge in [-0.1, -0.05) is 0 Å². The predicted octanol–water partition coefficient (Wildman–Crippen LogP) is 2.87. The average molecular weight is 229 g/mol. The van der Waals surface area contributed by atoms with Gasteiger partial charge in [0.1, 0.15) is 12.1 Å². The van der Waals surface area contributed by atoms with Crippen LogP contribution in [0.15, 0.2) is 41.7 Å². The zero-order chi connectivity index (χ0) is 10.8. The van der Waals surface area contributed by atoms with E-state index in [1.807, 2.05) is 17.8 Å². The molecule has 4 heteroatoms. The van der Waals surface area contributed by atoms with Crippen LogP contribution in [0.3, 0.4) is 0 Å². The molecule has 1 aliphatic heterocycles. The fourth-order valence-electron chi connectivity index (χ4n) is 1.78. The number of fused-ring (bicyclic) bond motifs is 1. The van der Waals surface area contributed by atoms with Crippen molar-refractivity contribution >= 4 is 23.3 Å². The molecule has 1 aromatic carbocycles. The number of nitrogens with zero attached hydrogens (tertiary/aromatic N) is 2. The highest BCUT2D eigenvalue weighted by atomic mass is 32.2. The van der Waals surface area contributed by atoms with Crippen molar-refractivity contribution in [2.75, 3.05) is 11.1 Å². The molecule has 80 valence electrons. The molecule has 1 aromatic heterocycles. The SMILES string of the molecule is c1cc(Nc2ccc3c(c2)CCS3)ncn1. The standard InChI is InChI=1S/C12H11N3S/c1-2-11-9(4-6-16-11)7-10(1)15-12-3-5-13-8-14-12/h1-3,5,7-8H,4,6H2,(H,13,14,15). The number of hydrogen-bond acceptors (Lipinski definition) is 4. The van der Waals surface area contributed by atoms with E-state index in [1.165, 1.54) is 22.6 Å².